The summed E-state index contributed by atoms with van der Waals surface area (Å²) in [5.74, 6) is 5.62. The van der Waals surface area contributed by atoms with Crippen molar-refractivity contribution in [2.45, 2.75) is 18.9 Å². The Hall–Kier alpha value is -0.680. The molecule has 2 rings (SSSR count). The van der Waals surface area contributed by atoms with Crippen LogP contribution in [-0.4, -0.2) is 0 Å². The Balaban J connectivity index is 1.97. The van der Waals surface area contributed by atoms with Gasteiger partial charge >= 0.3 is 0 Å². The summed E-state index contributed by atoms with van der Waals surface area (Å²) in [5, 5.41) is 2.14. The summed E-state index contributed by atoms with van der Waals surface area (Å²) in [5.41, 5.74) is 5.49. The zero-order valence-electron chi connectivity index (χ0n) is 9.40. The van der Waals surface area contributed by atoms with Gasteiger partial charge in [0.05, 0.1) is 3.79 Å². The minimum atomic E-state index is 0.220. The van der Waals surface area contributed by atoms with Crippen molar-refractivity contribution in [3.63, 3.8) is 0 Å². The highest BCUT2D eigenvalue weighted by Crippen LogP contribution is 2.27. The van der Waals surface area contributed by atoms with Gasteiger partial charge in [0.15, 0.2) is 0 Å². The lowest BCUT2D eigenvalue weighted by atomic mass is 10.0. The third-order valence-electron chi connectivity index (χ3n) is 2.76. The normalized spacial score (nSPS) is 12.6. The van der Waals surface area contributed by atoms with Gasteiger partial charge in [-0.15, -0.1) is 11.3 Å². The molecule has 1 heterocycles. The Morgan fingerprint density at radius 2 is 2.06 bits per heavy atom. The van der Waals surface area contributed by atoms with Crippen molar-refractivity contribution in [1.82, 2.24) is 5.43 Å². The minimum absolute atomic E-state index is 0.220. The van der Waals surface area contributed by atoms with Gasteiger partial charge in [-0.2, -0.15) is 0 Å². The minimum Gasteiger partial charge on any atom is -0.271 e. The molecule has 4 heteroatoms. The van der Waals surface area contributed by atoms with Crippen molar-refractivity contribution in [2.75, 3.05) is 0 Å². The quantitative estimate of drug-likeness (QED) is 0.653. The lowest BCUT2D eigenvalue weighted by Gasteiger charge is -2.14. The summed E-state index contributed by atoms with van der Waals surface area (Å²) in [6.07, 6.45) is 2.03. The monoisotopic (exact) mass is 310 g/mol. The summed E-state index contributed by atoms with van der Waals surface area (Å²) in [4.78, 5) is 0. The number of aryl methyl sites for hydroxylation is 1. The van der Waals surface area contributed by atoms with Crippen LogP contribution < -0.4 is 11.3 Å². The topological polar surface area (TPSA) is 38.0 Å². The predicted molar refractivity (Wildman–Crippen MR) is 76.8 cm³/mol. The van der Waals surface area contributed by atoms with Crippen LogP contribution in [0.25, 0.3) is 0 Å². The molecule has 2 nitrogen and oxygen atoms in total. The molecule has 17 heavy (non-hydrogen) atoms. The van der Waals surface area contributed by atoms with Gasteiger partial charge in [-0.05, 0) is 51.3 Å². The lowest BCUT2D eigenvalue weighted by Crippen LogP contribution is -2.28. The molecule has 0 bridgehead atoms. The number of benzene rings is 1. The van der Waals surface area contributed by atoms with Gasteiger partial charge in [0.1, 0.15) is 0 Å². The fraction of sp³-hybridized carbons (Fsp3) is 0.231. The van der Waals surface area contributed by atoms with E-state index >= 15 is 0 Å². The van der Waals surface area contributed by atoms with E-state index < -0.39 is 0 Å². The van der Waals surface area contributed by atoms with Crippen LogP contribution in [0, 0.1) is 0 Å². The van der Waals surface area contributed by atoms with E-state index in [4.69, 9.17) is 5.84 Å². The fourth-order valence-corrected chi connectivity index (χ4v) is 3.04. The molecule has 1 atom stereocenters. The van der Waals surface area contributed by atoms with E-state index in [1.807, 2.05) is 6.07 Å². The molecule has 1 aromatic carbocycles. The van der Waals surface area contributed by atoms with E-state index in [2.05, 4.69) is 57.1 Å². The van der Waals surface area contributed by atoms with Crippen LogP contribution in [0.4, 0.5) is 0 Å². The first kappa shape index (κ1) is 12.8. The molecule has 0 aliphatic rings. The molecule has 0 spiro atoms. The first-order valence-electron chi connectivity index (χ1n) is 5.53. The van der Waals surface area contributed by atoms with Crippen LogP contribution in [0.2, 0.25) is 0 Å². The molecule has 0 amide bonds. The number of halogens is 1. The second-order valence-corrected chi connectivity index (χ2v) is 6.22. The Morgan fingerprint density at radius 1 is 1.29 bits per heavy atom. The summed E-state index contributed by atoms with van der Waals surface area (Å²) < 4.78 is 1.15. The molecule has 0 radical (unpaired) electrons. The van der Waals surface area contributed by atoms with Crippen LogP contribution in [0.1, 0.15) is 23.6 Å². The second kappa shape index (κ2) is 6.31. The summed E-state index contributed by atoms with van der Waals surface area (Å²) in [7, 11) is 0. The number of thiophene rings is 1. The smallest absolute Gasteiger partial charge is 0.0701 e. The highest BCUT2D eigenvalue weighted by Gasteiger charge is 2.11. The van der Waals surface area contributed by atoms with Crippen molar-refractivity contribution in [1.29, 1.82) is 0 Å². The number of hydrogen-bond donors (Lipinski definition) is 2. The maximum Gasteiger partial charge on any atom is 0.0701 e. The molecule has 1 unspecified atom stereocenters. The summed E-state index contributed by atoms with van der Waals surface area (Å²) in [6, 6.07) is 12.8. The van der Waals surface area contributed by atoms with Crippen molar-refractivity contribution >= 4 is 27.3 Å². The molecule has 3 N–H and O–H groups in total. The standard InChI is InChI=1S/C13H15BrN2S/c14-13-8-11(9-17-13)12(16-15)7-6-10-4-2-1-3-5-10/h1-5,8-9,12,16H,6-7,15H2. The Labute approximate surface area is 114 Å². The third kappa shape index (κ3) is 3.64. The zero-order chi connectivity index (χ0) is 12.1. The van der Waals surface area contributed by atoms with Gasteiger partial charge < -0.3 is 0 Å². The number of hydrogen-bond acceptors (Lipinski definition) is 3. The highest BCUT2D eigenvalue weighted by molar-refractivity contribution is 9.11. The number of hydrazine groups is 1. The van der Waals surface area contributed by atoms with Crippen molar-refractivity contribution in [3.05, 3.63) is 56.7 Å². The molecule has 0 aliphatic carbocycles. The van der Waals surface area contributed by atoms with Gasteiger partial charge in [-0.1, -0.05) is 30.3 Å². The Kier molecular flexibility index (Phi) is 4.74. The van der Waals surface area contributed by atoms with E-state index in [1.54, 1.807) is 11.3 Å². The molecular weight excluding hydrogens is 296 g/mol. The predicted octanol–water partition coefficient (Wildman–Crippen LogP) is 3.65. The van der Waals surface area contributed by atoms with E-state index in [-0.39, 0.29) is 6.04 Å². The Morgan fingerprint density at radius 3 is 2.65 bits per heavy atom. The first-order valence-corrected chi connectivity index (χ1v) is 7.21. The van der Waals surface area contributed by atoms with Crippen LogP contribution >= 0.6 is 27.3 Å². The number of nitrogens with one attached hydrogen (secondary N) is 1. The largest absolute Gasteiger partial charge is 0.271 e. The van der Waals surface area contributed by atoms with Crippen LogP contribution in [-0.2, 0) is 6.42 Å². The number of rotatable bonds is 5. The molecule has 0 aliphatic heterocycles. The van der Waals surface area contributed by atoms with E-state index in [9.17, 15) is 0 Å². The zero-order valence-corrected chi connectivity index (χ0v) is 11.8. The lowest BCUT2D eigenvalue weighted by molar-refractivity contribution is 0.517. The van der Waals surface area contributed by atoms with E-state index in [1.165, 1.54) is 11.1 Å². The molecule has 0 saturated heterocycles. The molecular formula is C13H15BrN2S. The molecule has 1 aromatic heterocycles. The maximum absolute atomic E-state index is 5.62. The van der Waals surface area contributed by atoms with Gasteiger partial charge in [-0.25, -0.2) is 0 Å². The molecule has 0 fully saturated rings. The third-order valence-corrected chi connectivity index (χ3v) is 4.28. The van der Waals surface area contributed by atoms with Crippen LogP contribution in [0.15, 0.2) is 45.6 Å². The second-order valence-electron chi connectivity index (χ2n) is 3.93. The summed E-state index contributed by atoms with van der Waals surface area (Å²) >= 11 is 5.17. The number of nitrogens with two attached hydrogens (primary N) is 1. The van der Waals surface area contributed by atoms with Crippen molar-refractivity contribution in [2.24, 2.45) is 5.84 Å². The van der Waals surface area contributed by atoms with Crippen LogP contribution in [0.3, 0.4) is 0 Å². The fourth-order valence-electron chi connectivity index (χ4n) is 1.81. The van der Waals surface area contributed by atoms with Gasteiger partial charge in [-0.3, -0.25) is 11.3 Å². The van der Waals surface area contributed by atoms with Gasteiger partial charge in [0.2, 0.25) is 0 Å². The SMILES string of the molecule is NNC(CCc1ccccc1)c1csc(Br)c1. The van der Waals surface area contributed by atoms with Crippen molar-refractivity contribution in [3.8, 4) is 0 Å². The van der Waals surface area contributed by atoms with Gasteiger partial charge in [0, 0.05) is 6.04 Å². The van der Waals surface area contributed by atoms with E-state index in [0.29, 0.717) is 0 Å². The van der Waals surface area contributed by atoms with E-state index in [0.717, 1.165) is 16.6 Å². The highest BCUT2D eigenvalue weighted by atomic mass is 79.9. The molecule has 0 saturated carbocycles. The van der Waals surface area contributed by atoms with Crippen molar-refractivity contribution < 1.29 is 0 Å². The molecule has 2 aromatic rings. The molecule has 90 valence electrons. The van der Waals surface area contributed by atoms with Gasteiger partial charge in [0.25, 0.3) is 0 Å². The average Bonchev–Trinajstić information content (AvgIpc) is 2.78. The first-order chi connectivity index (χ1) is 8.29. The Bertz CT molecular complexity index is 455. The summed E-state index contributed by atoms with van der Waals surface area (Å²) in [6.45, 7) is 0. The average molecular weight is 311 g/mol. The maximum atomic E-state index is 5.62. The van der Waals surface area contributed by atoms with Crippen LogP contribution in [0.5, 0.6) is 0 Å².